The predicted molar refractivity (Wildman–Crippen MR) is 58.5 cm³/mol. The van der Waals surface area contributed by atoms with Gasteiger partial charge in [-0.1, -0.05) is 11.6 Å². The van der Waals surface area contributed by atoms with Crippen LogP contribution in [0.1, 0.15) is 16.8 Å². The Morgan fingerprint density at radius 2 is 1.80 bits per heavy atom. The van der Waals surface area contributed by atoms with Gasteiger partial charge in [0.1, 0.15) is 0 Å². The minimum Gasteiger partial charge on any atom is -1.00 e. The van der Waals surface area contributed by atoms with Gasteiger partial charge in [-0.3, -0.25) is 4.98 Å². The van der Waals surface area contributed by atoms with Crippen molar-refractivity contribution in [3.63, 3.8) is 0 Å². The zero-order valence-corrected chi connectivity index (χ0v) is 12.0. The quantitative estimate of drug-likeness (QED) is 0.581. The number of aliphatic hydroxyl groups is 2. The molecule has 15 heavy (non-hydrogen) atoms. The maximum Gasteiger partial charge on any atom is 2.00 e. The van der Waals surface area contributed by atoms with Gasteiger partial charge in [0.25, 0.3) is 0 Å². The molecular formula is C9H14Cl2MgNO2+. The second-order valence-corrected chi connectivity index (χ2v) is 2.86. The molecule has 0 aliphatic carbocycles. The predicted octanol–water partition coefficient (Wildman–Crippen LogP) is -1.92. The van der Waals surface area contributed by atoms with Crippen molar-refractivity contribution in [2.75, 3.05) is 7.11 Å². The van der Waals surface area contributed by atoms with Crippen LogP contribution in [0, 0.1) is 13.8 Å². The number of aromatic nitrogens is 1. The van der Waals surface area contributed by atoms with Gasteiger partial charge < -0.3 is 22.6 Å². The van der Waals surface area contributed by atoms with Crippen molar-refractivity contribution in [1.82, 2.24) is 4.98 Å². The van der Waals surface area contributed by atoms with Crippen LogP contribution in [-0.2, 0) is 6.61 Å². The third-order valence-corrected chi connectivity index (χ3v) is 2.25. The first-order valence-corrected chi connectivity index (χ1v) is 4.20. The molecule has 1 rings (SSSR count). The Labute approximate surface area is 117 Å². The van der Waals surface area contributed by atoms with Crippen molar-refractivity contribution >= 4 is 34.7 Å². The van der Waals surface area contributed by atoms with Crippen molar-refractivity contribution in [2.45, 2.75) is 20.5 Å². The Morgan fingerprint density at radius 3 is 2.20 bits per heavy atom. The van der Waals surface area contributed by atoms with E-state index in [2.05, 4.69) is 4.98 Å². The summed E-state index contributed by atoms with van der Waals surface area (Å²) in [5.41, 5.74) is 2.47. The van der Waals surface area contributed by atoms with Crippen LogP contribution >= 0.6 is 11.6 Å². The summed E-state index contributed by atoms with van der Waals surface area (Å²) in [6, 6.07) is 0. The van der Waals surface area contributed by atoms with Crippen LogP contribution in [0.4, 0.5) is 0 Å². The molecule has 1 heterocycles. The normalized spacial score (nSPS) is 7.87. The topological polar surface area (TPSA) is 53.4 Å². The van der Waals surface area contributed by atoms with Gasteiger partial charge in [0.2, 0.25) is 0 Å². The summed E-state index contributed by atoms with van der Waals surface area (Å²) in [4.78, 5) is 4.02. The van der Waals surface area contributed by atoms with Crippen LogP contribution in [0.2, 0.25) is 5.02 Å². The maximum atomic E-state index is 8.81. The first kappa shape index (κ1) is 20.8. The minimum atomic E-state index is -0.0498. The molecule has 1 aromatic heterocycles. The summed E-state index contributed by atoms with van der Waals surface area (Å²) in [7, 11) is 1.00. The molecule has 0 fully saturated rings. The molecule has 0 aliphatic rings. The molecule has 0 unspecified atom stereocenters. The second-order valence-electron chi connectivity index (χ2n) is 2.49. The van der Waals surface area contributed by atoms with Crippen LogP contribution in [-0.4, -0.2) is 45.4 Å². The summed E-state index contributed by atoms with van der Waals surface area (Å²) in [5.74, 6) is 0. The number of nitrogens with zero attached hydrogens (tertiary/aromatic N) is 1. The van der Waals surface area contributed by atoms with Crippen LogP contribution < -0.4 is 12.4 Å². The number of halogens is 2. The maximum absolute atomic E-state index is 8.81. The average molecular weight is 263 g/mol. The zero-order valence-electron chi connectivity index (χ0n) is 9.09. The smallest absolute Gasteiger partial charge is 1.00 e. The number of pyridine rings is 1. The van der Waals surface area contributed by atoms with Crippen molar-refractivity contribution in [3.05, 3.63) is 28.0 Å². The van der Waals surface area contributed by atoms with E-state index in [0.717, 1.165) is 18.2 Å². The molecule has 3 nitrogen and oxygen atoms in total. The van der Waals surface area contributed by atoms with Gasteiger partial charge in [-0.25, -0.2) is 0 Å². The summed E-state index contributed by atoms with van der Waals surface area (Å²) in [6.45, 7) is 3.70. The van der Waals surface area contributed by atoms with E-state index >= 15 is 0 Å². The first-order valence-electron chi connectivity index (χ1n) is 3.83. The van der Waals surface area contributed by atoms with E-state index in [-0.39, 0.29) is 42.1 Å². The fraction of sp³-hybridized carbons (Fsp3) is 0.444. The first-order chi connectivity index (χ1) is 6.16. The van der Waals surface area contributed by atoms with E-state index in [1.807, 2.05) is 13.8 Å². The molecule has 2 N–H and O–H groups in total. The van der Waals surface area contributed by atoms with E-state index in [9.17, 15) is 0 Å². The molecule has 0 aliphatic heterocycles. The molecule has 0 bridgehead atoms. The Morgan fingerprint density at radius 1 is 1.33 bits per heavy atom. The van der Waals surface area contributed by atoms with E-state index in [0.29, 0.717) is 10.7 Å². The van der Waals surface area contributed by atoms with Gasteiger partial charge in [-0.2, -0.15) is 0 Å². The standard InChI is InChI=1S/C8H10ClNO.CH4O.ClH.Mg/c1-5-3-10-7(4-11)6(2)8(5)9;1-2;;/h3,11H,4H2,1-2H3;2H,1H3;1H;/q;;;+2/p-1. The number of aliphatic hydroxyl groups excluding tert-OH is 2. The summed E-state index contributed by atoms with van der Waals surface area (Å²) in [5, 5.41) is 16.5. The molecule has 82 valence electrons. The van der Waals surface area contributed by atoms with E-state index in [1.165, 1.54) is 0 Å². The van der Waals surface area contributed by atoms with Gasteiger partial charge in [-0.15, -0.1) is 0 Å². The van der Waals surface area contributed by atoms with Gasteiger partial charge in [0.15, 0.2) is 0 Å². The molecule has 0 amide bonds. The molecular weight excluding hydrogens is 249 g/mol. The van der Waals surface area contributed by atoms with Crippen molar-refractivity contribution in [1.29, 1.82) is 0 Å². The van der Waals surface area contributed by atoms with Gasteiger partial charge >= 0.3 is 23.1 Å². The molecule has 0 atom stereocenters. The third kappa shape index (κ3) is 5.90. The van der Waals surface area contributed by atoms with Crippen LogP contribution in [0.3, 0.4) is 0 Å². The Balaban J connectivity index is -0.000000339. The largest absolute Gasteiger partial charge is 2.00 e. The monoisotopic (exact) mass is 262 g/mol. The number of hydrogen-bond acceptors (Lipinski definition) is 3. The molecule has 0 spiro atoms. The molecule has 0 saturated carbocycles. The van der Waals surface area contributed by atoms with Crippen molar-refractivity contribution < 1.29 is 22.6 Å². The van der Waals surface area contributed by atoms with Crippen LogP contribution in [0.25, 0.3) is 0 Å². The Hall–Kier alpha value is 0.416. The molecule has 0 aromatic carbocycles. The van der Waals surface area contributed by atoms with E-state index in [1.54, 1.807) is 6.20 Å². The van der Waals surface area contributed by atoms with Crippen molar-refractivity contribution in [3.8, 4) is 0 Å². The third-order valence-electron chi connectivity index (χ3n) is 1.67. The fourth-order valence-electron chi connectivity index (χ4n) is 0.910. The Bertz CT molecular complexity index is 285. The Kier molecular flexibility index (Phi) is 15.1. The molecule has 0 radical (unpaired) electrons. The van der Waals surface area contributed by atoms with Gasteiger partial charge in [-0.05, 0) is 25.0 Å². The molecule has 6 heteroatoms. The van der Waals surface area contributed by atoms with Crippen LogP contribution in [0.5, 0.6) is 0 Å². The SMILES string of the molecule is CO.Cc1cnc(CO)c(C)c1Cl.[Cl-].[Mg+2]. The fourth-order valence-corrected chi connectivity index (χ4v) is 1.07. The van der Waals surface area contributed by atoms with E-state index in [4.69, 9.17) is 21.8 Å². The van der Waals surface area contributed by atoms with Gasteiger partial charge in [0.05, 0.1) is 12.3 Å². The van der Waals surface area contributed by atoms with Crippen molar-refractivity contribution in [2.24, 2.45) is 0 Å². The zero-order chi connectivity index (χ0) is 10.4. The van der Waals surface area contributed by atoms with Gasteiger partial charge in [0, 0.05) is 18.3 Å². The molecule has 1 aromatic rings. The van der Waals surface area contributed by atoms with Crippen LogP contribution in [0.15, 0.2) is 6.20 Å². The number of hydrogen-bond donors (Lipinski definition) is 2. The van der Waals surface area contributed by atoms with E-state index < -0.39 is 0 Å². The summed E-state index contributed by atoms with van der Waals surface area (Å²) < 4.78 is 0. The number of aryl methyl sites for hydroxylation is 1. The second kappa shape index (κ2) is 10.9. The average Bonchev–Trinajstić information content (AvgIpc) is 2.18. The summed E-state index contributed by atoms with van der Waals surface area (Å²) in [6.07, 6.45) is 1.67. The molecule has 0 saturated heterocycles. The number of rotatable bonds is 1. The minimum absolute atomic E-state index is 0. The summed E-state index contributed by atoms with van der Waals surface area (Å²) >= 11 is 5.91.